The van der Waals surface area contributed by atoms with Gasteiger partial charge in [-0.3, -0.25) is 4.79 Å². The predicted octanol–water partition coefficient (Wildman–Crippen LogP) is 3.16. The molecular weight excluding hydrogens is 349 g/mol. The molecule has 7 heteroatoms. The van der Waals surface area contributed by atoms with E-state index < -0.39 is 5.82 Å². The van der Waals surface area contributed by atoms with Crippen LogP contribution in [-0.2, 0) is 0 Å². The first kappa shape index (κ1) is 15.0. The highest BCUT2D eigenvalue weighted by molar-refractivity contribution is 7.15. The normalized spacial score (nSPS) is 12.2. The van der Waals surface area contributed by atoms with Crippen molar-refractivity contribution in [2.24, 2.45) is 0 Å². The zero-order chi connectivity index (χ0) is 16.7. The van der Waals surface area contributed by atoms with E-state index in [0.29, 0.717) is 15.3 Å². The summed E-state index contributed by atoms with van der Waals surface area (Å²) in [6.45, 7) is 0. The molecule has 2 aromatic heterocycles. The molecular formula is C17H9ClFN3OS. The fourth-order valence-electron chi connectivity index (χ4n) is 2.32. The molecule has 118 valence electrons. The predicted molar refractivity (Wildman–Crippen MR) is 92.8 cm³/mol. The molecule has 4 rings (SSSR count). The smallest absolute Gasteiger partial charge is 0.266 e. The minimum atomic E-state index is -0.481. The molecule has 0 spiro atoms. The summed E-state index contributed by atoms with van der Waals surface area (Å²) in [6.07, 6.45) is 1.43. The Hall–Kier alpha value is -2.57. The lowest BCUT2D eigenvalue weighted by molar-refractivity contribution is 0.625. The van der Waals surface area contributed by atoms with Gasteiger partial charge in [-0.25, -0.2) is 4.39 Å². The Balaban J connectivity index is 1.88. The number of halogens is 2. The van der Waals surface area contributed by atoms with Crippen LogP contribution in [0.5, 0.6) is 0 Å². The van der Waals surface area contributed by atoms with Gasteiger partial charge in [0.2, 0.25) is 4.96 Å². The summed E-state index contributed by atoms with van der Waals surface area (Å²) >= 11 is 7.15. The molecule has 0 bridgehead atoms. The summed E-state index contributed by atoms with van der Waals surface area (Å²) in [5.41, 5.74) is 0.670. The maximum Gasteiger partial charge on any atom is 0.291 e. The van der Waals surface area contributed by atoms with Gasteiger partial charge in [0.25, 0.3) is 5.56 Å². The molecule has 0 amide bonds. The van der Waals surface area contributed by atoms with E-state index in [9.17, 15) is 9.18 Å². The van der Waals surface area contributed by atoms with Crippen LogP contribution in [0.1, 0.15) is 5.56 Å². The van der Waals surface area contributed by atoms with Crippen molar-refractivity contribution < 1.29 is 4.39 Å². The van der Waals surface area contributed by atoms with Gasteiger partial charge in [-0.05, 0) is 18.2 Å². The molecule has 0 atom stereocenters. The lowest BCUT2D eigenvalue weighted by atomic mass is 10.2. The first-order valence-electron chi connectivity index (χ1n) is 7.04. The number of fused-ring (bicyclic) bond motifs is 1. The van der Waals surface area contributed by atoms with Crippen LogP contribution in [0.3, 0.4) is 0 Å². The zero-order valence-electron chi connectivity index (χ0n) is 12.1. The fourth-order valence-corrected chi connectivity index (χ4v) is 3.43. The number of thiazole rings is 1. The molecule has 24 heavy (non-hydrogen) atoms. The first-order valence-corrected chi connectivity index (χ1v) is 8.23. The molecule has 0 aliphatic rings. The Kier molecular flexibility index (Phi) is 3.63. The van der Waals surface area contributed by atoms with Gasteiger partial charge in [0.15, 0.2) is 5.82 Å². The third-order valence-corrected chi connectivity index (χ3v) is 4.78. The molecule has 0 aliphatic heterocycles. The van der Waals surface area contributed by atoms with Crippen LogP contribution in [0.15, 0.2) is 53.3 Å². The first-order chi connectivity index (χ1) is 11.6. The van der Waals surface area contributed by atoms with Crippen molar-refractivity contribution in [1.29, 1.82) is 0 Å². The maximum atomic E-state index is 13.9. The van der Waals surface area contributed by atoms with E-state index in [2.05, 4.69) is 10.1 Å². The summed E-state index contributed by atoms with van der Waals surface area (Å²) in [4.78, 5) is 17.3. The third kappa shape index (κ3) is 2.50. The van der Waals surface area contributed by atoms with Gasteiger partial charge in [0.05, 0.1) is 9.55 Å². The highest BCUT2D eigenvalue weighted by Gasteiger charge is 2.12. The molecule has 0 saturated heterocycles. The Labute approximate surface area is 144 Å². The summed E-state index contributed by atoms with van der Waals surface area (Å²) in [5, 5.41) is 4.49. The van der Waals surface area contributed by atoms with Crippen molar-refractivity contribution >= 4 is 34.0 Å². The Morgan fingerprint density at radius 2 is 1.92 bits per heavy atom. The van der Waals surface area contributed by atoms with Crippen LogP contribution in [0.2, 0.25) is 5.02 Å². The van der Waals surface area contributed by atoms with E-state index in [1.54, 1.807) is 6.07 Å². The molecule has 0 saturated carbocycles. The van der Waals surface area contributed by atoms with E-state index in [1.807, 2.05) is 30.3 Å². The molecule has 0 radical (unpaired) electrons. The number of rotatable bonds is 2. The van der Waals surface area contributed by atoms with Gasteiger partial charge in [-0.15, -0.1) is 5.10 Å². The number of hydrogen-bond donors (Lipinski definition) is 0. The average Bonchev–Trinajstić information content (AvgIpc) is 3.12. The van der Waals surface area contributed by atoms with Crippen molar-refractivity contribution in [3.63, 3.8) is 0 Å². The lowest BCUT2D eigenvalue weighted by Gasteiger charge is -1.97. The van der Waals surface area contributed by atoms with Gasteiger partial charge >= 0.3 is 0 Å². The van der Waals surface area contributed by atoms with Crippen LogP contribution in [0.4, 0.5) is 4.39 Å². The van der Waals surface area contributed by atoms with E-state index in [4.69, 9.17) is 11.6 Å². The van der Waals surface area contributed by atoms with Gasteiger partial charge in [-0.2, -0.15) is 9.50 Å². The van der Waals surface area contributed by atoms with E-state index >= 15 is 0 Å². The minimum Gasteiger partial charge on any atom is -0.266 e. The Morgan fingerprint density at radius 1 is 1.12 bits per heavy atom. The summed E-state index contributed by atoms with van der Waals surface area (Å²) in [5.74, 6) is 0.000276. The van der Waals surface area contributed by atoms with E-state index in [0.717, 1.165) is 16.9 Å². The topological polar surface area (TPSA) is 47.3 Å². The van der Waals surface area contributed by atoms with Gasteiger partial charge in [0, 0.05) is 11.1 Å². The quantitative estimate of drug-likeness (QED) is 0.553. The van der Waals surface area contributed by atoms with Gasteiger partial charge < -0.3 is 0 Å². The van der Waals surface area contributed by atoms with Crippen LogP contribution >= 0.6 is 22.9 Å². The Morgan fingerprint density at radius 3 is 2.62 bits per heavy atom. The lowest BCUT2D eigenvalue weighted by Crippen LogP contribution is -2.23. The molecule has 4 nitrogen and oxygen atoms in total. The Bertz CT molecular complexity index is 1130. The largest absolute Gasteiger partial charge is 0.291 e. The summed E-state index contributed by atoms with van der Waals surface area (Å²) in [7, 11) is 0. The standard InChI is InChI=1S/C17H9ClFN3OS/c18-12-7-4-8-13(19)11(12)9-14-16(23)22-17(24-14)20-15(21-22)10-5-2-1-3-6-10/h1-9H. The second-order valence-corrected chi connectivity index (χ2v) is 6.46. The van der Waals surface area contributed by atoms with Crippen molar-refractivity contribution in [2.75, 3.05) is 0 Å². The average molecular weight is 358 g/mol. The minimum absolute atomic E-state index is 0.184. The van der Waals surface area contributed by atoms with Crippen LogP contribution in [-0.4, -0.2) is 14.6 Å². The number of aromatic nitrogens is 3. The summed E-state index contributed by atoms with van der Waals surface area (Å²) in [6, 6.07) is 13.8. The third-order valence-electron chi connectivity index (χ3n) is 3.49. The second-order valence-electron chi connectivity index (χ2n) is 5.05. The summed E-state index contributed by atoms with van der Waals surface area (Å²) < 4.78 is 15.4. The number of benzene rings is 2. The van der Waals surface area contributed by atoms with Crippen LogP contribution in [0, 0.1) is 5.82 Å². The van der Waals surface area contributed by atoms with Crippen LogP contribution < -0.4 is 10.1 Å². The molecule has 2 heterocycles. The van der Waals surface area contributed by atoms with Gasteiger partial charge in [-0.1, -0.05) is 59.3 Å². The molecule has 0 aliphatic carbocycles. The van der Waals surface area contributed by atoms with Crippen LogP contribution in [0.25, 0.3) is 22.4 Å². The van der Waals surface area contributed by atoms with Crippen molar-refractivity contribution in [2.45, 2.75) is 0 Å². The van der Waals surface area contributed by atoms with E-state index in [-0.39, 0.29) is 16.1 Å². The molecule has 0 N–H and O–H groups in total. The monoisotopic (exact) mass is 357 g/mol. The zero-order valence-corrected chi connectivity index (χ0v) is 13.7. The SMILES string of the molecule is O=c1c(=Cc2c(F)cccc2Cl)sc2nc(-c3ccccc3)nn12. The van der Waals surface area contributed by atoms with Gasteiger partial charge in [0.1, 0.15) is 5.82 Å². The van der Waals surface area contributed by atoms with E-state index in [1.165, 1.54) is 22.7 Å². The highest BCUT2D eigenvalue weighted by atomic mass is 35.5. The maximum absolute atomic E-state index is 13.9. The molecule has 4 aromatic rings. The van der Waals surface area contributed by atoms with Crippen molar-refractivity contribution in [3.8, 4) is 11.4 Å². The highest BCUT2D eigenvalue weighted by Crippen LogP contribution is 2.20. The fraction of sp³-hybridized carbons (Fsp3) is 0. The molecule has 0 fully saturated rings. The number of nitrogens with zero attached hydrogens (tertiary/aromatic N) is 3. The molecule has 0 unspecified atom stereocenters. The molecule has 2 aromatic carbocycles. The van der Waals surface area contributed by atoms with Crippen molar-refractivity contribution in [3.05, 3.63) is 79.8 Å². The second kappa shape index (κ2) is 5.81. The number of hydrogen-bond acceptors (Lipinski definition) is 4. The van der Waals surface area contributed by atoms with Crippen molar-refractivity contribution in [1.82, 2.24) is 14.6 Å².